The van der Waals surface area contributed by atoms with Gasteiger partial charge in [-0.1, -0.05) is 18.2 Å². The van der Waals surface area contributed by atoms with Crippen LogP contribution in [0.3, 0.4) is 0 Å². The highest BCUT2D eigenvalue weighted by molar-refractivity contribution is 5.84. The van der Waals surface area contributed by atoms with Gasteiger partial charge in [0.1, 0.15) is 0 Å². The molecule has 15 heavy (non-hydrogen) atoms. The normalized spacial score (nSPS) is 11.1. The maximum absolute atomic E-state index is 4.83. The number of nitrogens with one attached hydrogen (secondary N) is 2. The first kappa shape index (κ1) is 10.2. The van der Waals surface area contributed by atoms with Gasteiger partial charge >= 0.3 is 0 Å². The van der Waals surface area contributed by atoms with Crippen molar-refractivity contribution in [1.82, 2.24) is 10.5 Å². The molecule has 3 nitrogen and oxygen atoms in total. The van der Waals surface area contributed by atoms with E-state index >= 15 is 0 Å². The number of hydrogen-bond acceptors (Lipinski definition) is 2. The highest BCUT2D eigenvalue weighted by Crippen LogP contribution is 2.21. The van der Waals surface area contributed by atoms with Gasteiger partial charge in [0, 0.05) is 23.1 Å². The van der Waals surface area contributed by atoms with Gasteiger partial charge in [0.15, 0.2) is 0 Å². The SMILES string of the molecule is CONCCc1c(C)[nH]c2ccccc12. The van der Waals surface area contributed by atoms with Crippen LogP contribution in [0.2, 0.25) is 0 Å². The Kier molecular flexibility index (Phi) is 3.04. The molecule has 2 rings (SSSR count). The Balaban J connectivity index is 2.28. The third-order valence-corrected chi connectivity index (χ3v) is 2.65. The average Bonchev–Trinajstić information content (AvgIpc) is 2.56. The molecule has 0 amide bonds. The van der Waals surface area contributed by atoms with Gasteiger partial charge in [0.05, 0.1) is 7.11 Å². The standard InChI is InChI=1S/C12H16N2O/c1-9-10(7-8-13-15-2)11-5-3-4-6-12(11)14-9/h3-6,13-14H,7-8H2,1-2H3. The molecule has 1 aromatic heterocycles. The number of para-hydroxylation sites is 1. The summed E-state index contributed by atoms with van der Waals surface area (Å²) in [4.78, 5) is 8.22. The highest BCUT2D eigenvalue weighted by Gasteiger charge is 2.06. The number of aromatic amines is 1. The molecule has 0 radical (unpaired) electrons. The predicted octanol–water partition coefficient (Wildman–Crippen LogP) is 2.17. The Morgan fingerprint density at radius 1 is 1.33 bits per heavy atom. The van der Waals surface area contributed by atoms with Crippen LogP contribution in [-0.2, 0) is 11.3 Å². The Morgan fingerprint density at radius 3 is 2.93 bits per heavy atom. The molecule has 3 heteroatoms. The van der Waals surface area contributed by atoms with E-state index in [1.807, 2.05) is 0 Å². The molecule has 0 spiro atoms. The lowest BCUT2D eigenvalue weighted by Crippen LogP contribution is -2.15. The van der Waals surface area contributed by atoms with E-state index in [9.17, 15) is 0 Å². The molecule has 0 saturated carbocycles. The molecule has 0 fully saturated rings. The van der Waals surface area contributed by atoms with Crippen molar-refractivity contribution in [1.29, 1.82) is 0 Å². The molecule has 2 N–H and O–H groups in total. The van der Waals surface area contributed by atoms with Crippen LogP contribution in [0, 0.1) is 6.92 Å². The fourth-order valence-corrected chi connectivity index (χ4v) is 1.93. The Bertz CT molecular complexity index is 448. The number of fused-ring (bicyclic) bond motifs is 1. The minimum absolute atomic E-state index is 0.833. The van der Waals surface area contributed by atoms with E-state index in [4.69, 9.17) is 4.84 Å². The molecule has 2 aromatic rings. The number of benzene rings is 1. The van der Waals surface area contributed by atoms with Crippen LogP contribution in [0.4, 0.5) is 0 Å². The summed E-state index contributed by atoms with van der Waals surface area (Å²) in [7, 11) is 1.64. The monoisotopic (exact) mass is 204 g/mol. The fourth-order valence-electron chi connectivity index (χ4n) is 1.93. The van der Waals surface area contributed by atoms with E-state index < -0.39 is 0 Å². The number of H-pyrrole nitrogens is 1. The quantitative estimate of drug-likeness (QED) is 0.591. The molecular weight excluding hydrogens is 188 g/mol. The van der Waals surface area contributed by atoms with Crippen molar-refractivity contribution in [2.45, 2.75) is 13.3 Å². The summed E-state index contributed by atoms with van der Waals surface area (Å²) in [5.74, 6) is 0. The van der Waals surface area contributed by atoms with Crippen LogP contribution in [0.1, 0.15) is 11.3 Å². The number of hydrogen-bond donors (Lipinski definition) is 2. The second-order valence-electron chi connectivity index (χ2n) is 3.62. The highest BCUT2D eigenvalue weighted by atomic mass is 16.6. The van der Waals surface area contributed by atoms with Crippen molar-refractivity contribution in [3.8, 4) is 0 Å². The van der Waals surface area contributed by atoms with E-state index in [1.54, 1.807) is 7.11 Å². The van der Waals surface area contributed by atoms with Crippen molar-refractivity contribution in [3.63, 3.8) is 0 Å². The van der Waals surface area contributed by atoms with Crippen molar-refractivity contribution >= 4 is 10.9 Å². The molecule has 0 aliphatic carbocycles. The Labute approximate surface area is 89.4 Å². The van der Waals surface area contributed by atoms with Crippen molar-refractivity contribution in [2.24, 2.45) is 0 Å². The zero-order chi connectivity index (χ0) is 10.7. The summed E-state index contributed by atoms with van der Waals surface area (Å²) in [6, 6.07) is 8.38. The van der Waals surface area contributed by atoms with Crippen LogP contribution in [0.25, 0.3) is 10.9 Å². The van der Waals surface area contributed by atoms with E-state index in [0.717, 1.165) is 13.0 Å². The first-order valence-electron chi connectivity index (χ1n) is 5.15. The Hall–Kier alpha value is -1.32. The second-order valence-corrected chi connectivity index (χ2v) is 3.62. The van der Waals surface area contributed by atoms with Crippen LogP contribution < -0.4 is 5.48 Å². The van der Waals surface area contributed by atoms with Gasteiger partial charge in [-0.15, -0.1) is 0 Å². The van der Waals surface area contributed by atoms with Crippen molar-refractivity contribution in [3.05, 3.63) is 35.5 Å². The van der Waals surface area contributed by atoms with Crippen LogP contribution in [0.15, 0.2) is 24.3 Å². The molecular formula is C12H16N2O. The summed E-state index contributed by atoms with van der Waals surface area (Å²) in [5, 5.41) is 1.31. The van der Waals surface area contributed by atoms with Crippen LogP contribution >= 0.6 is 0 Å². The number of aryl methyl sites for hydroxylation is 1. The van der Waals surface area contributed by atoms with Crippen molar-refractivity contribution < 1.29 is 4.84 Å². The maximum atomic E-state index is 4.83. The van der Waals surface area contributed by atoms with Gasteiger partial charge in [0.25, 0.3) is 0 Å². The molecule has 1 aromatic carbocycles. The number of hydroxylamine groups is 1. The summed E-state index contributed by atoms with van der Waals surface area (Å²) in [5.41, 5.74) is 6.69. The number of aromatic nitrogens is 1. The first-order valence-corrected chi connectivity index (χ1v) is 5.15. The lowest BCUT2D eigenvalue weighted by molar-refractivity contribution is 0.0928. The molecule has 0 unspecified atom stereocenters. The minimum atomic E-state index is 0.833. The smallest absolute Gasteiger partial charge is 0.0572 e. The van der Waals surface area contributed by atoms with Crippen molar-refractivity contribution in [2.75, 3.05) is 13.7 Å². The maximum Gasteiger partial charge on any atom is 0.0572 e. The summed E-state index contributed by atoms with van der Waals surface area (Å²) in [6.45, 7) is 2.95. The lowest BCUT2D eigenvalue weighted by atomic mass is 10.1. The fraction of sp³-hybridized carbons (Fsp3) is 0.333. The minimum Gasteiger partial charge on any atom is -0.358 e. The largest absolute Gasteiger partial charge is 0.358 e. The van der Waals surface area contributed by atoms with Gasteiger partial charge in [-0.05, 0) is 25.0 Å². The van der Waals surface area contributed by atoms with E-state index in [0.29, 0.717) is 0 Å². The van der Waals surface area contributed by atoms with Gasteiger partial charge < -0.3 is 9.82 Å². The molecule has 0 atom stereocenters. The van der Waals surface area contributed by atoms with Crippen LogP contribution in [-0.4, -0.2) is 18.6 Å². The third-order valence-electron chi connectivity index (χ3n) is 2.65. The average molecular weight is 204 g/mol. The summed E-state index contributed by atoms with van der Waals surface area (Å²) in [6.07, 6.45) is 0.976. The summed E-state index contributed by atoms with van der Waals surface area (Å²) < 4.78 is 0. The molecule has 0 bridgehead atoms. The van der Waals surface area contributed by atoms with E-state index in [-0.39, 0.29) is 0 Å². The zero-order valence-corrected chi connectivity index (χ0v) is 9.13. The topological polar surface area (TPSA) is 37.0 Å². The molecule has 0 aliphatic rings. The second kappa shape index (κ2) is 4.47. The van der Waals surface area contributed by atoms with Gasteiger partial charge in [-0.25, -0.2) is 5.48 Å². The van der Waals surface area contributed by atoms with E-state index in [2.05, 4.69) is 41.7 Å². The van der Waals surface area contributed by atoms with Gasteiger partial charge in [0.2, 0.25) is 0 Å². The van der Waals surface area contributed by atoms with Gasteiger partial charge in [-0.3, -0.25) is 0 Å². The molecule has 0 aliphatic heterocycles. The third kappa shape index (κ3) is 2.03. The first-order chi connectivity index (χ1) is 7.33. The van der Waals surface area contributed by atoms with Gasteiger partial charge in [-0.2, -0.15) is 0 Å². The zero-order valence-electron chi connectivity index (χ0n) is 9.13. The predicted molar refractivity (Wildman–Crippen MR) is 61.8 cm³/mol. The van der Waals surface area contributed by atoms with Crippen LogP contribution in [0.5, 0.6) is 0 Å². The lowest BCUT2D eigenvalue weighted by Gasteiger charge is -2.02. The molecule has 0 saturated heterocycles. The van der Waals surface area contributed by atoms with E-state index in [1.165, 1.54) is 22.2 Å². The Morgan fingerprint density at radius 2 is 2.13 bits per heavy atom. The summed E-state index contributed by atoms with van der Waals surface area (Å²) >= 11 is 0. The number of rotatable bonds is 4. The molecule has 1 heterocycles. The molecule has 80 valence electrons.